The minimum Gasteiger partial charge on any atom is -0.486 e. The summed E-state index contributed by atoms with van der Waals surface area (Å²) in [4.78, 5) is 11.3. The summed E-state index contributed by atoms with van der Waals surface area (Å²) in [5.41, 5.74) is 0.530. The van der Waals surface area contributed by atoms with Crippen LogP contribution in [-0.4, -0.2) is 19.2 Å². The summed E-state index contributed by atoms with van der Waals surface area (Å²) >= 11 is 0. The number of fused-ring (bicyclic) bond motifs is 1. The highest BCUT2D eigenvalue weighted by Gasteiger charge is 2.37. The molecule has 0 atom stereocenters. The minimum atomic E-state index is -0.368. The van der Waals surface area contributed by atoms with Crippen LogP contribution < -0.4 is 4.74 Å². The van der Waals surface area contributed by atoms with Gasteiger partial charge in [0.1, 0.15) is 11.9 Å². The number of hydrogen-bond donors (Lipinski definition) is 0. The third kappa shape index (κ3) is 2.16. The molecule has 1 aliphatic rings. The van der Waals surface area contributed by atoms with Gasteiger partial charge in [-0.25, -0.2) is 4.39 Å². The third-order valence-electron chi connectivity index (χ3n) is 3.40. The number of rotatable bonds is 3. The Morgan fingerprint density at radius 2 is 2.21 bits per heavy atom. The van der Waals surface area contributed by atoms with Crippen LogP contribution in [0.4, 0.5) is 4.39 Å². The van der Waals surface area contributed by atoms with Crippen molar-refractivity contribution in [2.45, 2.75) is 18.9 Å². The van der Waals surface area contributed by atoms with E-state index in [0.29, 0.717) is 29.6 Å². The molecular formula is C14H13FO4. The number of carbonyl (C=O) groups excluding carboxylic acids is 1. The van der Waals surface area contributed by atoms with Crippen molar-refractivity contribution >= 4 is 16.9 Å². The molecule has 19 heavy (non-hydrogen) atoms. The first-order chi connectivity index (χ1) is 9.17. The van der Waals surface area contributed by atoms with Gasteiger partial charge in [0.2, 0.25) is 0 Å². The number of benzene rings is 1. The molecule has 0 spiro atoms. The van der Waals surface area contributed by atoms with Gasteiger partial charge >= 0.3 is 5.97 Å². The van der Waals surface area contributed by atoms with Crippen molar-refractivity contribution in [1.82, 2.24) is 0 Å². The van der Waals surface area contributed by atoms with Crippen LogP contribution >= 0.6 is 0 Å². The van der Waals surface area contributed by atoms with Gasteiger partial charge in [0, 0.05) is 11.5 Å². The molecule has 0 amide bonds. The number of methoxy groups -OCH3 is 1. The summed E-state index contributed by atoms with van der Waals surface area (Å²) in [6.07, 6.45) is 2.57. The van der Waals surface area contributed by atoms with E-state index in [0.717, 1.165) is 0 Å². The second kappa shape index (κ2) is 4.57. The zero-order chi connectivity index (χ0) is 13.4. The van der Waals surface area contributed by atoms with E-state index in [1.807, 2.05) is 0 Å². The lowest BCUT2D eigenvalue weighted by atomic mass is 9.82. The Morgan fingerprint density at radius 1 is 1.42 bits per heavy atom. The number of esters is 1. The van der Waals surface area contributed by atoms with Crippen LogP contribution in [0.25, 0.3) is 11.0 Å². The fourth-order valence-corrected chi connectivity index (χ4v) is 2.30. The van der Waals surface area contributed by atoms with Gasteiger partial charge in [-0.05, 0) is 25.0 Å². The zero-order valence-corrected chi connectivity index (χ0v) is 10.4. The van der Waals surface area contributed by atoms with Gasteiger partial charge in [-0.2, -0.15) is 0 Å². The summed E-state index contributed by atoms with van der Waals surface area (Å²) in [5.74, 6) is -0.320. The van der Waals surface area contributed by atoms with Crippen molar-refractivity contribution in [2.24, 2.45) is 5.92 Å². The topological polar surface area (TPSA) is 48.7 Å². The maximum Gasteiger partial charge on any atom is 0.308 e. The van der Waals surface area contributed by atoms with E-state index in [2.05, 4.69) is 4.74 Å². The average molecular weight is 264 g/mol. The van der Waals surface area contributed by atoms with Crippen molar-refractivity contribution in [3.63, 3.8) is 0 Å². The summed E-state index contributed by atoms with van der Waals surface area (Å²) in [6, 6.07) is 4.38. The van der Waals surface area contributed by atoms with Crippen LogP contribution in [0, 0.1) is 11.7 Å². The number of furan rings is 1. The fourth-order valence-electron chi connectivity index (χ4n) is 2.30. The normalized spacial score (nSPS) is 22.0. The molecule has 5 heteroatoms. The molecule has 4 nitrogen and oxygen atoms in total. The number of halogens is 1. The first-order valence-corrected chi connectivity index (χ1v) is 6.08. The number of carbonyl (C=O) groups is 1. The van der Waals surface area contributed by atoms with Gasteiger partial charge in [-0.1, -0.05) is 0 Å². The Morgan fingerprint density at radius 3 is 2.95 bits per heavy atom. The first-order valence-electron chi connectivity index (χ1n) is 6.08. The lowest BCUT2D eigenvalue weighted by molar-refractivity contribution is -0.151. The Balaban J connectivity index is 1.73. The molecule has 1 aliphatic carbocycles. The minimum absolute atomic E-state index is 0.0980. The Bertz CT molecular complexity index is 613. The van der Waals surface area contributed by atoms with Gasteiger partial charge < -0.3 is 13.9 Å². The van der Waals surface area contributed by atoms with E-state index in [1.165, 1.54) is 25.5 Å². The molecule has 2 aromatic rings. The molecule has 1 aromatic carbocycles. The van der Waals surface area contributed by atoms with E-state index in [4.69, 9.17) is 9.15 Å². The SMILES string of the molecule is COC(=O)[C@H]1C[C@H](Oc2cc(F)cc3ccoc23)C1. The Kier molecular flexibility index (Phi) is 2.89. The monoisotopic (exact) mass is 264 g/mol. The maximum absolute atomic E-state index is 13.4. The van der Waals surface area contributed by atoms with E-state index < -0.39 is 0 Å². The lowest BCUT2D eigenvalue weighted by Crippen LogP contribution is -2.38. The van der Waals surface area contributed by atoms with Gasteiger partial charge in [-0.15, -0.1) is 0 Å². The highest BCUT2D eigenvalue weighted by Crippen LogP contribution is 2.35. The molecular weight excluding hydrogens is 251 g/mol. The van der Waals surface area contributed by atoms with Crippen molar-refractivity contribution in [1.29, 1.82) is 0 Å². The number of hydrogen-bond acceptors (Lipinski definition) is 4. The van der Waals surface area contributed by atoms with Crippen LogP contribution in [0.5, 0.6) is 5.75 Å². The molecule has 3 rings (SSSR count). The van der Waals surface area contributed by atoms with Gasteiger partial charge in [0.25, 0.3) is 0 Å². The first kappa shape index (κ1) is 12.0. The highest BCUT2D eigenvalue weighted by atomic mass is 19.1. The van der Waals surface area contributed by atoms with Gasteiger partial charge in [0.05, 0.1) is 19.3 Å². The van der Waals surface area contributed by atoms with Crippen LogP contribution in [0.15, 0.2) is 28.9 Å². The second-order valence-corrected chi connectivity index (χ2v) is 4.67. The summed E-state index contributed by atoms with van der Waals surface area (Å²) in [7, 11) is 1.37. The summed E-state index contributed by atoms with van der Waals surface area (Å²) in [6.45, 7) is 0. The van der Waals surface area contributed by atoms with E-state index in [1.54, 1.807) is 6.07 Å². The average Bonchev–Trinajstić information content (AvgIpc) is 2.80. The van der Waals surface area contributed by atoms with E-state index in [-0.39, 0.29) is 23.8 Å². The second-order valence-electron chi connectivity index (χ2n) is 4.67. The van der Waals surface area contributed by atoms with Crippen LogP contribution in [0.1, 0.15) is 12.8 Å². The molecule has 0 saturated heterocycles. The molecule has 1 aromatic heterocycles. The maximum atomic E-state index is 13.4. The van der Waals surface area contributed by atoms with Crippen LogP contribution in [-0.2, 0) is 9.53 Å². The van der Waals surface area contributed by atoms with Crippen molar-refractivity contribution in [3.05, 3.63) is 30.3 Å². The molecule has 0 radical (unpaired) electrons. The largest absolute Gasteiger partial charge is 0.486 e. The molecule has 100 valence electrons. The van der Waals surface area contributed by atoms with Crippen molar-refractivity contribution < 1.29 is 23.1 Å². The zero-order valence-electron chi connectivity index (χ0n) is 10.4. The molecule has 0 aliphatic heterocycles. The molecule has 0 bridgehead atoms. The summed E-state index contributed by atoms with van der Waals surface area (Å²) < 4.78 is 29.0. The lowest BCUT2D eigenvalue weighted by Gasteiger charge is -2.33. The predicted octanol–water partition coefficient (Wildman–Crippen LogP) is 2.90. The van der Waals surface area contributed by atoms with E-state index in [9.17, 15) is 9.18 Å². The van der Waals surface area contributed by atoms with E-state index >= 15 is 0 Å². The standard InChI is InChI=1S/C14H13FO4/c1-17-14(16)9-5-11(6-9)19-12-7-10(15)4-8-2-3-18-13(8)12/h2-4,7,9,11H,5-6H2,1H3/t9-,11-. The Hall–Kier alpha value is -2.04. The van der Waals surface area contributed by atoms with Crippen LogP contribution in [0.3, 0.4) is 0 Å². The Labute approximate surface area is 109 Å². The predicted molar refractivity (Wildman–Crippen MR) is 65.3 cm³/mol. The van der Waals surface area contributed by atoms with Crippen LogP contribution in [0.2, 0.25) is 0 Å². The molecule has 1 fully saturated rings. The van der Waals surface area contributed by atoms with Crippen molar-refractivity contribution in [2.75, 3.05) is 7.11 Å². The quantitative estimate of drug-likeness (QED) is 0.800. The van der Waals surface area contributed by atoms with Gasteiger partial charge in [0.15, 0.2) is 11.3 Å². The molecule has 1 heterocycles. The molecule has 0 N–H and O–H groups in total. The number of ether oxygens (including phenoxy) is 2. The van der Waals surface area contributed by atoms with Crippen molar-refractivity contribution in [3.8, 4) is 5.75 Å². The smallest absolute Gasteiger partial charge is 0.308 e. The molecule has 1 saturated carbocycles. The molecule has 0 unspecified atom stereocenters. The fraction of sp³-hybridized carbons (Fsp3) is 0.357. The summed E-state index contributed by atoms with van der Waals surface area (Å²) in [5, 5.41) is 0.666. The van der Waals surface area contributed by atoms with Gasteiger partial charge in [-0.3, -0.25) is 4.79 Å². The third-order valence-corrected chi connectivity index (χ3v) is 3.40. The highest BCUT2D eigenvalue weighted by molar-refractivity contribution is 5.83.